The predicted octanol–water partition coefficient (Wildman–Crippen LogP) is 2.18. The van der Waals surface area contributed by atoms with E-state index in [1.807, 2.05) is 13.8 Å². The maximum atomic E-state index is 12.0. The average Bonchev–Trinajstić information content (AvgIpc) is 2.58. The Kier molecular flexibility index (Phi) is 1.54. The van der Waals surface area contributed by atoms with Gasteiger partial charge in [-0.15, -0.1) is 0 Å². The summed E-state index contributed by atoms with van der Waals surface area (Å²) < 4.78 is 25.6. The Labute approximate surface area is 93.7 Å². The largest absolute Gasteiger partial charge is 0.244 e. The molecule has 0 amide bonds. The summed E-state index contributed by atoms with van der Waals surface area (Å²) in [4.78, 5) is 0.413. The minimum absolute atomic E-state index is 0.0174. The van der Waals surface area contributed by atoms with Gasteiger partial charge in [-0.1, -0.05) is 11.6 Å². The van der Waals surface area contributed by atoms with E-state index in [4.69, 9.17) is 11.6 Å². The van der Waals surface area contributed by atoms with Crippen molar-refractivity contribution in [2.45, 2.75) is 30.3 Å². The van der Waals surface area contributed by atoms with Gasteiger partial charge < -0.3 is 0 Å². The first kappa shape index (κ1) is 9.63. The highest BCUT2D eigenvalue weighted by molar-refractivity contribution is 7.89. The molecule has 0 saturated carbocycles. The zero-order chi connectivity index (χ0) is 11.0. The van der Waals surface area contributed by atoms with Crippen molar-refractivity contribution < 1.29 is 8.42 Å². The minimum Gasteiger partial charge on any atom is -0.207 e. The Hall–Kier alpha value is -0.580. The fourth-order valence-electron chi connectivity index (χ4n) is 2.48. The van der Waals surface area contributed by atoms with Crippen LogP contribution in [0.3, 0.4) is 0 Å². The van der Waals surface area contributed by atoms with E-state index < -0.39 is 10.0 Å². The summed E-state index contributed by atoms with van der Waals surface area (Å²) in [5.41, 5.74) is 0.559. The molecular formula is C10H10ClNO2S. The Morgan fingerprint density at radius 3 is 2.73 bits per heavy atom. The summed E-state index contributed by atoms with van der Waals surface area (Å²) in [5.74, 6) is 0. The molecule has 0 spiro atoms. The molecule has 1 aromatic rings. The maximum Gasteiger partial charge on any atom is 0.244 e. The molecule has 80 valence electrons. The van der Waals surface area contributed by atoms with Crippen molar-refractivity contribution in [3.63, 3.8) is 0 Å². The second-order valence-electron chi connectivity index (χ2n) is 4.54. The van der Waals surface area contributed by atoms with Gasteiger partial charge in [-0.05, 0) is 37.6 Å². The Morgan fingerprint density at radius 2 is 2.07 bits per heavy atom. The van der Waals surface area contributed by atoms with Crippen molar-refractivity contribution in [3.8, 4) is 0 Å². The third kappa shape index (κ3) is 0.973. The van der Waals surface area contributed by atoms with Crippen molar-refractivity contribution in [1.82, 2.24) is 4.31 Å². The molecule has 5 heteroatoms. The van der Waals surface area contributed by atoms with Crippen LogP contribution in [-0.2, 0) is 10.0 Å². The van der Waals surface area contributed by atoms with Gasteiger partial charge in [0, 0.05) is 5.02 Å². The van der Waals surface area contributed by atoms with Crippen LogP contribution in [0.4, 0.5) is 0 Å². The molecule has 0 radical (unpaired) electrons. The second-order valence-corrected chi connectivity index (χ2v) is 6.76. The highest BCUT2D eigenvalue weighted by atomic mass is 35.5. The molecule has 15 heavy (non-hydrogen) atoms. The predicted molar refractivity (Wildman–Crippen MR) is 57.3 cm³/mol. The number of benzene rings is 1. The lowest BCUT2D eigenvalue weighted by Gasteiger charge is -2.10. The highest BCUT2D eigenvalue weighted by Gasteiger charge is 2.68. The summed E-state index contributed by atoms with van der Waals surface area (Å²) >= 11 is 5.88. The summed E-state index contributed by atoms with van der Waals surface area (Å²) in [7, 11) is -3.26. The lowest BCUT2D eigenvalue weighted by molar-refractivity contribution is 0.532. The van der Waals surface area contributed by atoms with Crippen LogP contribution in [0, 0.1) is 0 Å². The van der Waals surface area contributed by atoms with Gasteiger partial charge >= 0.3 is 0 Å². The zero-order valence-corrected chi connectivity index (χ0v) is 9.93. The van der Waals surface area contributed by atoms with Gasteiger partial charge in [0.25, 0.3) is 0 Å². The molecular weight excluding hydrogens is 234 g/mol. The quantitative estimate of drug-likeness (QED) is 0.655. The van der Waals surface area contributed by atoms with E-state index in [-0.39, 0.29) is 11.6 Å². The molecule has 0 bridgehead atoms. The monoisotopic (exact) mass is 243 g/mol. The first-order valence-electron chi connectivity index (χ1n) is 4.71. The molecule has 2 heterocycles. The summed E-state index contributed by atoms with van der Waals surface area (Å²) in [6, 6.07) is 4.95. The lowest BCUT2D eigenvalue weighted by Crippen LogP contribution is -2.18. The van der Waals surface area contributed by atoms with Crippen LogP contribution in [0.2, 0.25) is 5.02 Å². The van der Waals surface area contributed by atoms with Gasteiger partial charge in [0.1, 0.15) is 0 Å². The van der Waals surface area contributed by atoms with Crippen LogP contribution >= 0.6 is 11.6 Å². The molecule has 3 nitrogen and oxygen atoms in total. The number of fused-ring (bicyclic) bond motifs is 3. The minimum atomic E-state index is -3.26. The van der Waals surface area contributed by atoms with E-state index in [1.54, 1.807) is 22.5 Å². The number of nitrogens with zero attached hydrogens (tertiary/aromatic N) is 1. The van der Waals surface area contributed by atoms with Crippen molar-refractivity contribution in [3.05, 3.63) is 28.8 Å². The zero-order valence-electron chi connectivity index (χ0n) is 8.36. The SMILES string of the molecule is CC1(C)C2c3cc(Cl)ccc3S(=O)(=O)N21. The molecule has 0 aromatic heterocycles. The van der Waals surface area contributed by atoms with Gasteiger partial charge in [-0.3, -0.25) is 0 Å². The second kappa shape index (κ2) is 2.39. The molecule has 2 unspecified atom stereocenters. The number of halogens is 1. The lowest BCUT2D eigenvalue weighted by atomic mass is 10.0. The van der Waals surface area contributed by atoms with Gasteiger partial charge in [-0.25, -0.2) is 8.42 Å². The maximum absolute atomic E-state index is 12.0. The fourth-order valence-corrected chi connectivity index (χ4v) is 4.90. The topological polar surface area (TPSA) is 37.1 Å². The smallest absolute Gasteiger partial charge is 0.207 e. The molecule has 1 saturated heterocycles. The molecule has 2 aliphatic rings. The normalized spacial score (nSPS) is 33.3. The fraction of sp³-hybridized carbons (Fsp3) is 0.400. The molecule has 0 N–H and O–H groups in total. The van der Waals surface area contributed by atoms with Crippen LogP contribution in [-0.4, -0.2) is 18.3 Å². The van der Waals surface area contributed by atoms with Crippen molar-refractivity contribution >= 4 is 21.6 Å². The van der Waals surface area contributed by atoms with Crippen molar-refractivity contribution in [2.75, 3.05) is 0 Å². The summed E-state index contributed by atoms with van der Waals surface area (Å²) in [6.07, 6.45) is 0. The van der Waals surface area contributed by atoms with E-state index in [1.165, 1.54) is 0 Å². The first-order chi connectivity index (χ1) is 6.87. The third-order valence-corrected chi connectivity index (χ3v) is 5.57. The number of hydrogen-bond acceptors (Lipinski definition) is 2. The van der Waals surface area contributed by atoms with E-state index in [0.717, 1.165) is 5.56 Å². The average molecular weight is 244 g/mol. The van der Waals surface area contributed by atoms with Crippen molar-refractivity contribution in [2.24, 2.45) is 0 Å². The van der Waals surface area contributed by atoms with Gasteiger partial charge in [-0.2, -0.15) is 4.31 Å². The number of hydrogen-bond donors (Lipinski definition) is 0. The molecule has 2 atom stereocenters. The summed E-state index contributed by atoms with van der Waals surface area (Å²) in [6.45, 7) is 3.86. The molecule has 2 aliphatic heterocycles. The van der Waals surface area contributed by atoms with Crippen LogP contribution in [0.5, 0.6) is 0 Å². The summed E-state index contributed by atoms with van der Waals surface area (Å²) in [5, 5.41) is 0.591. The molecule has 0 aliphatic carbocycles. The van der Waals surface area contributed by atoms with Crippen LogP contribution in [0.1, 0.15) is 25.5 Å². The van der Waals surface area contributed by atoms with Gasteiger partial charge in [0.05, 0.1) is 16.5 Å². The van der Waals surface area contributed by atoms with E-state index >= 15 is 0 Å². The number of sulfonamides is 1. The van der Waals surface area contributed by atoms with Crippen LogP contribution < -0.4 is 0 Å². The Bertz CT molecular complexity index is 565. The van der Waals surface area contributed by atoms with Crippen LogP contribution in [0.15, 0.2) is 23.1 Å². The molecule has 3 rings (SSSR count). The third-order valence-electron chi connectivity index (χ3n) is 3.21. The standard InChI is InChI=1S/C10H10ClNO2S/c1-10(2)9-7-5-6(11)3-4-8(7)15(13,14)12(9)10/h3-5,9H,1-2H3. The molecule has 1 fully saturated rings. The van der Waals surface area contributed by atoms with Crippen LogP contribution in [0.25, 0.3) is 0 Å². The van der Waals surface area contributed by atoms with Crippen molar-refractivity contribution in [1.29, 1.82) is 0 Å². The van der Waals surface area contributed by atoms with Gasteiger partial charge in [0.15, 0.2) is 0 Å². The van der Waals surface area contributed by atoms with E-state index in [0.29, 0.717) is 9.92 Å². The first-order valence-corrected chi connectivity index (χ1v) is 6.52. The number of rotatable bonds is 0. The molecule has 1 aromatic carbocycles. The van der Waals surface area contributed by atoms with E-state index in [9.17, 15) is 8.42 Å². The Morgan fingerprint density at radius 1 is 1.40 bits per heavy atom. The Balaban J connectivity index is 2.31. The highest BCUT2D eigenvalue weighted by Crippen LogP contribution is 2.62. The van der Waals surface area contributed by atoms with Gasteiger partial charge in [0.2, 0.25) is 10.0 Å². The van der Waals surface area contributed by atoms with E-state index in [2.05, 4.69) is 0 Å².